The Balaban J connectivity index is 0. The Morgan fingerprint density at radius 3 is 1.50 bits per heavy atom. The molecule has 0 saturated heterocycles. The molecule has 0 spiro atoms. The highest BCUT2D eigenvalue weighted by molar-refractivity contribution is 5.15. The van der Waals surface area contributed by atoms with Gasteiger partial charge in [-0.1, -0.05) is 69.2 Å². The van der Waals surface area contributed by atoms with Crippen LogP contribution in [-0.4, -0.2) is 20.4 Å². The van der Waals surface area contributed by atoms with Gasteiger partial charge in [0.2, 0.25) is 0 Å². The Kier molecular flexibility index (Phi) is 12.8. The number of nitrogens with zero attached hydrogens (tertiary/aromatic N) is 4. The van der Waals surface area contributed by atoms with Crippen molar-refractivity contribution >= 4 is 0 Å². The Hall–Kier alpha value is -1.84. The summed E-state index contributed by atoms with van der Waals surface area (Å²) in [5, 5.41) is 15.3. The molecule has 2 aromatic heterocycles. The first-order valence-corrected chi connectivity index (χ1v) is 8.76. The van der Waals surface area contributed by atoms with E-state index in [9.17, 15) is 0 Å². The fraction of sp³-hybridized carbons (Fsp3) is 0.600. The second kappa shape index (κ2) is 12.6. The molecule has 4 heteroatoms. The number of hydrogen-bond acceptors (Lipinski definition) is 4. The highest BCUT2D eigenvalue weighted by Crippen LogP contribution is 2.19. The van der Waals surface area contributed by atoms with Crippen LogP contribution in [0, 0.1) is 0 Å². The van der Waals surface area contributed by atoms with Gasteiger partial charge in [0, 0.05) is 17.8 Å². The molecule has 24 heavy (non-hydrogen) atoms. The zero-order valence-corrected chi connectivity index (χ0v) is 17.3. The Labute approximate surface area is 149 Å². The van der Waals surface area contributed by atoms with E-state index in [1.54, 1.807) is 18.6 Å². The Morgan fingerprint density at radius 1 is 0.667 bits per heavy atom. The molecule has 0 saturated carbocycles. The van der Waals surface area contributed by atoms with Gasteiger partial charge in [-0.3, -0.25) is 0 Å². The van der Waals surface area contributed by atoms with Crippen LogP contribution in [0.3, 0.4) is 0 Å². The van der Waals surface area contributed by atoms with E-state index < -0.39 is 0 Å². The zero-order valence-electron chi connectivity index (χ0n) is 17.3. The van der Waals surface area contributed by atoms with Crippen molar-refractivity contribution in [3.8, 4) is 0 Å². The van der Waals surface area contributed by atoms with Crippen LogP contribution < -0.4 is 0 Å². The molecule has 0 unspecified atom stereocenters. The van der Waals surface area contributed by atoms with Crippen molar-refractivity contribution in [1.29, 1.82) is 0 Å². The lowest BCUT2D eigenvalue weighted by Gasteiger charge is -2.16. The van der Waals surface area contributed by atoms with Gasteiger partial charge >= 0.3 is 0 Å². The first-order valence-electron chi connectivity index (χ1n) is 8.76. The highest BCUT2D eigenvalue weighted by atomic mass is 15.1. The maximum atomic E-state index is 4.00. The first-order chi connectivity index (χ1) is 11.2. The van der Waals surface area contributed by atoms with E-state index >= 15 is 0 Å². The van der Waals surface area contributed by atoms with E-state index in [0.29, 0.717) is 0 Å². The molecule has 0 atom stereocenters. The molecule has 2 heterocycles. The summed E-state index contributed by atoms with van der Waals surface area (Å²) in [5.74, 6) is 0. The van der Waals surface area contributed by atoms with Gasteiger partial charge in [0.1, 0.15) is 0 Å². The number of hydrogen-bond donors (Lipinski definition) is 0. The summed E-state index contributed by atoms with van der Waals surface area (Å²) >= 11 is 0. The molecule has 0 aliphatic rings. The maximum absolute atomic E-state index is 4.00. The molecule has 0 aliphatic carbocycles. The normalized spacial score (nSPS) is 10.1. The number of aromatic nitrogens is 4. The van der Waals surface area contributed by atoms with Gasteiger partial charge in [-0.2, -0.15) is 20.4 Å². The van der Waals surface area contributed by atoms with E-state index in [4.69, 9.17) is 0 Å². The average molecular weight is 333 g/mol. The van der Waals surface area contributed by atoms with E-state index in [-0.39, 0.29) is 10.8 Å². The van der Waals surface area contributed by atoms with Crippen LogP contribution in [-0.2, 0) is 10.8 Å². The molecule has 0 fully saturated rings. The minimum absolute atomic E-state index is 0.119. The lowest BCUT2D eigenvalue weighted by molar-refractivity contribution is 0.558. The fourth-order valence-corrected chi connectivity index (χ4v) is 1.44. The quantitative estimate of drug-likeness (QED) is 0.630. The van der Waals surface area contributed by atoms with E-state index in [2.05, 4.69) is 61.9 Å². The third kappa shape index (κ3) is 10.8. The van der Waals surface area contributed by atoms with Gasteiger partial charge < -0.3 is 0 Å². The second-order valence-electron chi connectivity index (χ2n) is 6.74. The van der Waals surface area contributed by atoms with E-state index in [1.165, 1.54) is 5.56 Å². The predicted octanol–water partition coefficient (Wildman–Crippen LogP) is 5.60. The smallest absolute Gasteiger partial charge is 0.0684 e. The van der Waals surface area contributed by atoms with Gasteiger partial charge in [0.25, 0.3) is 0 Å². The van der Waals surface area contributed by atoms with Gasteiger partial charge in [-0.25, -0.2) is 0 Å². The van der Waals surface area contributed by atoms with Crippen molar-refractivity contribution < 1.29 is 0 Å². The molecule has 0 N–H and O–H groups in total. The van der Waals surface area contributed by atoms with E-state index in [1.807, 2.05) is 45.9 Å². The Morgan fingerprint density at radius 2 is 1.25 bits per heavy atom. The molecule has 0 amide bonds. The van der Waals surface area contributed by atoms with Crippen molar-refractivity contribution in [2.24, 2.45) is 0 Å². The second-order valence-corrected chi connectivity index (χ2v) is 6.74. The molecule has 2 aromatic rings. The molecule has 0 aliphatic heterocycles. The summed E-state index contributed by atoms with van der Waals surface area (Å²) < 4.78 is 0. The van der Waals surface area contributed by atoms with Crippen molar-refractivity contribution in [3.05, 3.63) is 48.0 Å². The van der Waals surface area contributed by atoms with Gasteiger partial charge in [-0.05, 0) is 29.2 Å². The average Bonchev–Trinajstić information content (AvgIpc) is 2.59. The van der Waals surface area contributed by atoms with Crippen LogP contribution in [0.2, 0.25) is 0 Å². The molecule has 136 valence electrons. The van der Waals surface area contributed by atoms with Crippen molar-refractivity contribution in [2.45, 2.75) is 80.1 Å². The lowest BCUT2D eigenvalue weighted by atomic mass is 9.89. The van der Waals surface area contributed by atoms with Crippen LogP contribution in [0.25, 0.3) is 0 Å². The summed E-state index contributed by atoms with van der Waals surface area (Å²) in [6.45, 7) is 20.8. The molecule has 4 nitrogen and oxygen atoms in total. The first kappa shape index (κ1) is 24.4. The number of rotatable bonds is 0. The van der Waals surface area contributed by atoms with Crippen LogP contribution in [0.15, 0.2) is 36.8 Å². The van der Waals surface area contributed by atoms with Crippen LogP contribution in [0.4, 0.5) is 0 Å². The molecule has 2 rings (SSSR count). The van der Waals surface area contributed by atoms with E-state index in [0.717, 1.165) is 5.69 Å². The third-order valence-corrected chi connectivity index (χ3v) is 2.79. The van der Waals surface area contributed by atoms with Gasteiger partial charge in [-0.15, -0.1) is 0 Å². The zero-order chi connectivity index (χ0) is 19.2. The largest absolute Gasteiger partial charge is 0.159 e. The van der Waals surface area contributed by atoms with Crippen LogP contribution in [0.5, 0.6) is 0 Å². The summed E-state index contributed by atoms with van der Waals surface area (Å²) in [6.07, 6.45) is 5.22. The fourth-order valence-electron chi connectivity index (χ4n) is 1.44. The van der Waals surface area contributed by atoms with Gasteiger partial charge in [0.15, 0.2) is 0 Å². The summed E-state index contributed by atoms with van der Waals surface area (Å²) in [4.78, 5) is 0. The minimum Gasteiger partial charge on any atom is -0.159 e. The molecule has 0 bridgehead atoms. The van der Waals surface area contributed by atoms with Crippen LogP contribution >= 0.6 is 0 Å². The van der Waals surface area contributed by atoms with Crippen molar-refractivity contribution in [1.82, 2.24) is 20.4 Å². The van der Waals surface area contributed by atoms with Crippen molar-refractivity contribution in [2.75, 3.05) is 0 Å². The highest BCUT2D eigenvalue weighted by Gasteiger charge is 2.14. The summed E-state index contributed by atoms with van der Waals surface area (Å²) in [6, 6.07) is 5.90. The van der Waals surface area contributed by atoms with Gasteiger partial charge in [0.05, 0.1) is 11.9 Å². The standard InChI is InChI=1S/2C8H12N2.2C2H6/c1-8(2,3)7-4-5-9-10-6-7;1-8(2,3)7-5-4-6-9-10-7;2*1-2/h2*4-6H,1-3H3;2*1-2H3. The molecule has 0 radical (unpaired) electrons. The summed E-state index contributed by atoms with van der Waals surface area (Å²) in [5.41, 5.74) is 2.57. The lowest BCUT2D eigenvalue weighted by Crippen LogP contribution is -2.13. The molecular weight excluding hydrogens is 296 g/mol. The Bertz CT molecular complexity index is 447. The monoisotopic (exact) mass is 332 g/mol. The van der Waals surface area contributed by atoms with Crippen molar-refractivity contribution in [3.63, 3.8) is 0 Å². The minimum atomic E-state index is 0.119. The molecular formula is C20H36N4. The summed E-state index contributed by atoms with van der Waals surface area (Å²) in [7, 11) is 0. The topological polar surface area (TPSA) is 51.6 Å². The maximum Gasteiger partial charge on any atom is 0.0684 e. The molecule has 0 aromatic carbocycles. The predicted molar refractivity (Wildman–Crippen MR) is 104 cm³/mol. The van der Waals surface area contributed by atoms with Crippen LogP contribution in [0.1, 0.15) is 80.5 Å². The third-order valence-electron chi connectivity index (χ3n) is 2.79. The SMILES string of the molecule is CC.CC.CC(C)(C)c1cccnn1.CC(C)(C)c1ccnnc1.